The van der Waals surface area contributed by atoms with E-state index in [4.69, 9.17) is 23.6 Å². The fraction of sp³-hybridized carbons (Fsp3) is 0.500. The summed E-state index contributed by atoms with van der Waals surface area (Å²) in [4.78, 5) is 22.9. The zero-order valence-corrected chi connectivity index (χ0v) is 8.70. The number of allylic oxidation sites excluding steroid dienone is 1. The van der Waals surface area contributed by atoms with Gasteiger partial charge in [-0.3, -0.25) is 4.79 Å². The second-order valence-electron chi connectivity index (χ2n) is 3.32. The van der Waals surface area contributed by atoms with Crippen molar-refractivity contribution < 1.29 is 9.59 Å². The number of nitrogens with zero attached hydrogens (tertiary/aromatic N) is 2. The minimum absolute atomic E-state index is 0.298. The summed E-state index contributed by atoms with van der Waals surface area (Å²) in [5.41, 5.74) is 0. The van der Waals surface area contributed by atoms with E-state index in [-0.39, 0.29) is 17.9 Å². The average Bonchev–Trinajstić information content (AvgIpc) is 2.23. The summed E-state index contributed by atoms with van der Waals surface area (Å²) >= 11 is 11.3. The van der Waals surface area contributed by atoms with Crippen LogP contribution in [0.4, 0.5) is 4.79 Å². The summed E-state index contributed by atoms with van der Waals surface area (Å²) < 4.78 is 1.54. The molecule has 1 fully saturated rings. The number of amides is 3. The number of imide groups is 1. The van der Waals surface area contributed by atoms with E-state index in [0.29, 0.717) is 10.8 Å². The molecule has 0 bridgehead atoms. The molecule has 1 heterocycles. The van der Waals surface area contributed by atoms with E-state index in [1.165, 1.54) is 0 Å². The maximum atomic E-state index is 11.6. The van der Waals surface area contributed by atoms with Gasteiger partial charge in [-0.1, -0.05) is 12.2 Å². The van der Waals surface area contributed by atoms with Gasteiger partial charge in [0.25, 0.3) is 5.91 Å². The number of fused-ring (bicyclic) bond motifs is 1. The lowest BCUT2D eigenvalue weighted by molar-refractivity contribution is -0.132. The van der Waals surface area contributed by atoms with Crippen molar-refractivity contribution in [1.29, 1.82) is 0 Å². The molecule has 1 aliphatic heterocycles. The van der Waals surface area contributed by atoms with Crippen molar-refractivity contribution in [3.8, 4) is 0 Å². The maximum Gasteiger partial charge on any atom is 0.356 e. The van der Waals surface area contributed by atoms with Crippen LogP contribution in [0.1, 0.15) is 12.8 Å². The van der Waals surface area contributed by atoms with Crippen LogP contribution in [-0.2, 0) is 4.79 Å². The van der Waals surface area contributed by atoms with Crippen molar-refractivity contribution in [2.45, 2.75) is 18.9 Å². The van der Waals surface area contributed by atoms with Crippen molar-refractivity contribution in [1.82, 2.24) is 8.84 Å². The van der Waals surface area contributed by atoms with E-state index in [0.717, 1.165) is 10.8 Å². The predicted molar refractivity (Wildman–Crippen MR) is 51.4 cm³/mol. The first-order valence-electron chi connectivity index (χ1n) is 4.28. The molecule has 1 saturated heterocycles. The van der Waals surface area contributed by atoms with Gasteiger partial charge in [0.1, 0.15) is 0 Å². The lowest BCUT2D eigenvalue weighted by Gasteiger charge is -2.38. The summed E-state index contributed by atoms with van der Waals surface area (Å²) in [5.74, 6) is -0.657. The predicted octanol–water partition coefficient (Wildman–Crippen LogP) is 1.89. The van der Waals surface area contributed by atoms with E-state index >= 15 is 0 Å². The topological polar surface area (TPSA) is 40.6 Å². The molecule has 1 aliphatic carbocycles. The lowest BCUT2D eigenvalue weighted by Crippen LogP contribution is -2.55. The zero-order valence-electron chi connectivity index (χ0n) is 7.19. The normalized spacial score (nSPS) is 32.1. The average molecular weight is 235 g/mol. The maximum absolute atomic E-state index is 11.6. The second kappa shape index (κ2) is 3.44. The Bertz CT molecular complexity index is 318. The SMILES string of the molecule is O=C1C2CCC=CC2N(Cl)C(=O)N1Cl. The second-order valence-corrected chi connectivity index (χ2v) is 4.02. The van der Waals surface area contributed by atoms with Gasteiger partial charge in [0.05, 0.1) is 12.0 Å². The van der Waals surface area contributed by atoms with E-state index in [9.17, 15) is 9.59 Å². The van der Waals surface area contributed by atoms with Crippen LogP contribution in [0, 0.1) is 5.92 Å². The van der Waals surface area contributed by atoms with Crippen LogP contribution in [0.2, 0.25) is 0 Å². The third kappa shape index (κ3) is 1.29. The van der Waals surface area contributed by atoms with Gasteiger partial charge in [0.15, 0.2) is 0 Å². The quantitative estimate of drug-likeness (QED) is 0.475. The molecular formula is C8H8Cl2N2O2. The van der Waals surface area contributed by atoms with Crippen LogP contribution in [0.15, 0.2) is 12.2 Å². The minimum Gasteiger partial charge on any atom is -0.273 e. The molecule has 2 unspecified atom stereocenters. The fourth-order valence-corrected chi connectivity index (χ4v) is 2.29. The Morgan fingerprint density at radius 3 is 2.79 bits per heavy atom. The standard InChI is InChI=1S/C8H8Cl2N2O2/c9-11-6-4-2-1-3-5(6)7(13)12(10)8(11)14/h2,4-6H,1,3H2. The molecule has 0 N–H and O–H groups in total. The van der Waals surface area contributed by atoms with E-state index in [2.05, 4.69) is 0 Å². The van der Waals surface area contributed by atoms with Crippen molar-refractivity contribution >= 4 is 35.5 Å². The first-order chi connectivity index (χ1) is 6.63. The molecule has 0 spiro atoms. The van der Waals surface area contributed by atoms with Gasteiger partial charge in [-0.15, -0.1) is 0 Å². The zero-order chi connectivity index (χ0) is 10.3. The Labute approximate surface area is 91.3 Å². The summed E-state index contributed by atoms with van der Waals surface area (Å²) in [5, 5.41) is 0. The number of carbonyl (C=O) groups is 2. The molecule has 14 heavy (non-hydrogen) atoms. The summed E-state index contributed by atoms with van der Waals surface area (Å²) in [6, 6.07) is -1.02. The smallest absolute Gasteiger partial charge is 0.273 e. The molecule has 2 atom stereocenters. The third-order valence-electron chi connectivity index (χ3n) is 2.51. The Hall–Kier alpha value is -0.740. The van der Waals surface area contributed by atoms with Crippen molar-refractivity contribution in [2.24, 2.45) is 5.92 Å². The van der Waals surface area contributed by atoms with E-state index in [1.54, 1.807) is 6.08 Å². The molecule has 3 amide bonds. The highest BCUT2D eigenvalue weighted by Gasteiger charge is 2.45. The molecule has 6 heteroatoms. The van der Waals surface area contributed by atoms with Crippen molar-refractivity contribution in [3.05, 3.63) is 12.2 Å². The van der Waals surface area contributed by atoms with Crippen LogP contribution in [0.3, 0.4) is 0 Å². The highest BCUT2D eigenvalue weighted by Crippen LogP contribution is 2.32. The number of hydrogen-bond donors (Lipinski definition) is 0. The summed E-state index contributed by atoms with van der Waals surface area (Å²) in [6.07, 6.45) is 5.19. The largest absolute Gasteiger partial charge is 0.356 e. The van der Waals surface area contributed by atoms with Gasteiger partial charge in [0, 0.05) is 23.6 Å². The van der Waals surface area contributed by atoms with E-state index < -0.39 is 6.03 Å². The summed E-state index contributed by atoms with van der Waals surface area (Å²) in [7, 11) is 0. The lowest BCUT2D eigenvalue weighted by atomic mass is 9.87. The molecular weight excluding hydrogens is 227 g/mol. The van der Waals surface area contributed by atoms with Gasteiger partial charge in [-0.05, 0) is 12.8 Å². The first kappa shape index (κ1) is 9.80. The minimum atomic E-state index is -0.675. The molecule has 2 rings (SSSR count). The Morgan fingerprint density at radius 1 is 1.36 bits per heavy atom. The molecule has 0 aromatic heterocycles. The van der Waals surface area contributed by atoms with Gasteiger partial charge in [0.2, 0.25) is 0 Å². The molecule has 4 nitrogen and oxygen atoms in total. The number of urea groups is 1. The Balaban J connectivity index is 2.33. The molecule has 0 saturated carbocycles. The molecule has 0 aromatic carbocycles. The van der Waals surface area contributed by atoms with Crippen LogP contribution >= 0.6 is 23.6 Å². The molecule has 76 valence electrons. The third-order valence-corrected chi connectivity index (χ3v) is 3.19. The number of carbonyl (C=O) groups excluding carboxylic acids is 2. The van der Waals surface area contributed by atoms with Crippen LogP contribution in [0.25, 0.3) is 0 Å². The number of halogens is 2. The summed E-state index contributed by atoms with van der Waals surface area (Å²) in [6.45, 7) is 0. The van der Waals surface area contributed by atoms with Crippen LogP contribution in [0.5, 0.6) is 0 Å². The first-order valence-corrected chi connectivity index (χ1v) is 4.96. The van der Waals surface area contributed by atoms with Gasteiger partial charge < -0.3 is 0 Å². The molecule has 0 aromatic rings. The Kier molecular flexibility index (Phi) is 2.41. The highest BCUT2D eigenvalue weighted by molar-refractivity contribution is 6.35. The Morgan fingerprint density at radius 2 is 2.07 bits per heavy atom. The van der Waals surface area contributed by atoms with Crippen LogP contribution in [-0.4, -0.2) is 26.8 Å². The number of hydrogen-bond acceptors (Lipinski definition) is 2. The van der Waals surface area contributed by atoms with Gasteiger partial charge in [-0.2, -0.15) is 4.42 Å². The van der Waals surface area contributed by atoms with Crippen LogP contribution < -0.4 is 0 Å². The van der Waals surface area contributed by atoms with Gasteiger partial charge >= 0.3 is 6.03 Å². The van der Waals surface area contributed by atoms with Crippen molar-refractivity contribution in [2.75, 3.05) is 0 Å². The van der Waals surface area contributed by atoms with Gasteiger partial charge in [-0.25, -0.2) is 9.21 Å². The fourth-order valence-electron chi connectivity index (χ4n) is 1.77. The highest BCUT2D eigenvalue weighted by atomic mass is 35.5. The molecule has 2 aliphatic rings. The monoisotopic (exact) mass is 234 g/mol. The molecule has 0 radical (unpaired) electrons. The van der Waals surface area contributed by atoms with Crippen molar-refractivity contribution in [3.63, 3.8) is 0 Å². The van der Waals surface area contributed by atoms with E-state index in [1.807, 2.05) is 6.08 Å². The number of rotatable bonds is 0.